The molecule has 2 fully saturated rings. The number of nitrogens with zero attached hydrogens (tertiary/aromatic N) is 2. The van der Waals surface area contributed by atoms with Crippen LogP contribution in [-0.2, 0) is 25.7 Å². The van der Waals surface area contributed by atoms with E-state index in [2.05, 4.69) is 26.4 Å². The van der Waals surface area contributed by atoms with E-state index < -0.39 is 35.1 Å². The van der Waals surface area contributed by atoms with Crippen molar-refractivity contribution in [2.75, 3.05) is 12.4 Å². The normalized spacial score (nSPS) is 20.1. The van der Waals surface area contributed by atoms with Crippen LogP contribution in [-0.4, -0.2) is 58.3 Å². The van der Waals surface area contributed by atoms with Gasteiger partial charge in [0.2, 0.25) is 17.6 Å². The zero-order valence-electron chi connectivity index (χ0n) is 23.5. The van der Waals surface area contributed by atoms with Gasteiger partial charge in [-0.05, 0) is 69.9 Å². The third-order valence-electron chi connectivity index (χ3n) is 8.02. The van der Waals surface area contributed by atoms with Gasteiger partial charge in [-0.25, -0.2) is 0 Å². The Bertz CT molecular complexity index is 1360. The van der Waals surface area contributed by atoms with Crippen molar-refractivity contribution < 1.29 is 28.5 Å². The van der Waals surface area contributed by atoms with Crippen LogP contribution in [0.15, 0.2) is 27.6 Å². The fraction of sp³-hybridized carbons (Fsp3) is 0.536. The summed E-state index contributed by atoms with van der Waals surface area (Å²) < 4.78 is 6.24. The Balaban J connectivity index is 1.46. The van der Waals surface area contributed by atoms with Crippen molar-refractivity contribution in [2.45, 2.75) is 77.4 Å². The lowest BCUT2D eigenvalue weighted by molar-refractivity contribution is -0.137. The maximum absolute atomic E-state index is 13.3. The number of hydrogen-bond donors (Lipinski definition) is 4. The van der Waals surface area contributed by atoms with Crippen LogP contribution in [0.5, 0.6) is 0 Å². The van der Waals surface area contributed by atoms with E-state index in [1.54, 1.807) is 13.8 Å². The van der Waals surface area contributed by atoms with Crippen molar-refractivity contribution in [2.24, 2.45) is 11.8 Å². The van der Waals surface area contributed by atoms with E-state index in [1.165, 1.54) is 36.4 Å². The number of anilines is 1. The van der Waals surface area contributed by atoms with E-state index in [1.807, 2.05) is 0 Å². The van der Waals surface area contributed by atoms with Gasteiger partial charge in [0.25, 0.3) is 17.4 Å². The van der Waals surface area contributed by atoms with Crippen LogP contribution in [0.4, 0.5) is 5.69 Å². The Morgan fingerprint density at radius 1 is 1.10 bits per heavy atom. The number of amides is 4. The molecular weight excluding hydrogens is 532 g/mol. The quantitative estimate of drug-likeness (QED) is 0.289. The summed E-state index contributed by atoms with van der Waals surface area (Å²) in [7, 11) is 1.31. The minimum absolute atomic E-state index is 0.0998. The molecule has 2 aromatic heterocycles. The predicted octanol–water partition coefficient (Wildman–Crippen LogP) is 0.980. The average Bonchev–Trinajstić information content (AvgIpc) is 3.37. The summed E-state index contributed by atoms with van der Waals surface area (Å²) in [5.41, 5.74) is -0.247. The Morgan fingerprint density at radius 2 is 1.80 bits per heavy atom. The van der Waals surface area contributed by atoms with Gasteiger partial charge < -0.3 is 30.4 Å². The van der Waals surface area contributed by atoms with E-state index >= 15 is 0 Å². The molecule has 3 unspecified atom stereocenters. The molecule has 4 amide bonds. The van der Waals surface area contributed by atoms with Crippen LogP contribution in [0.2, 0.25) is 0 Å². The van der Waals surface area contributed by atoms with E-state index in [4.69, 9.17) is 4.52 Å². The molecule has 0 spiro atoms. The Hall–Kier alpha value is -4.29. The zero-order chi connectivity index (χ0) is 29.7. The molecule has 2 aromatic rings. The van der Waals surface area contributed by atoms with Crippen LogP contribution in [0.3, 0.4) is 0 Å². The minimum Gasteiger partial charge on any atom is -0.361 e. The molecule has 2 saturated carbocycles. The zero-order valence-corrected chi connectivity index (χ0v) is 23.5. The SMILES string of the molecule is CNC(=O)C(=O)CCC(NC(=O)c1c(C)noc1C)C(=O)Nc1cccn(CC(=O)NC2C3CCCC2CC3)c1=O. The van der Waals surface area contributed by atoms with E-state index in [9.17, 15) is 28.8 Å². The van der Waals surface area contributed by atoms with Crippen molar-refractivity contribution >= 4 is 35.1 Å². The van der Waals surface area contributed by atoms with Gasteiger partial charge in [0, 0.05) is 25.7 Å². The molecule has 2 bridgehead atoms. The van der Waals surface area contributed by atoms with Gasteiger partial charge in [-0.3, -0.25) is 28.8 Å². The Labute approximate surface area is 236 Å². The highest BCUT2D eigenvalue weighted by atomic mass is 16.5. The third-order valence-corrected chi connectivity index (χ3v) is 8.02. The maximum atomic E-state index is 13.3. The highest BCUT2D eigenvalue weighted by Gasteiger charge is 2.39. The molecule has 0 saturated heterocycles. The molecule has 2 heterocycles. The number of hydrogen-bond acceptors (Lipinski definition) is 8. The molecule has 13 nitrogen and oxygen atoms in total. The molecule has 0 aliphatic heterocycles. The number of nitrogens with one attached hydrogen (secondary N) is 4. The second kappa shape index (κ2) is 12.9. The predicted molar refractivity (Wildman–Crippen MR) is 147 cm³/mol. The number of likely N-dealkylation sites (N-methyl/N-ethyl adjacent to an activating group) is 1. The summed E-state index contributed by atoms with van der Waals surface area (Å²) in [6, 6.07) is 1.78. The second-order valence-corrected chi connectivity index (χ2v) is 10.7. The van der Waals surface area contributed by atoms with Crippen LogP contribution in [0.25, 0.3) is 0 Å². The van der Waals surface area contributed by atoms with Gasteiger partial charge in [-0.15, -0.1) is 0 Å². The van der Waals surface area contributed by atoms with Crippen LogP contribution < -0.4 is 26.8 Å². The summed E-state index contributed by atoms with van der Waals surface area (Å²) >= 11 is 0. The number of carbonyl (C=O) groups excluding carboxylic acids is 5. The fourth-order valence-electron chi connectivity index (χ4n) is 5.90. The maximum Gasteiger partial charge on any atom is 0.287 e. The van der Waals surface area contributed by atoms with Gasteiger partial charge in [0.1, 0.15) is 29.6 Å². The summed E-state index contributed by atoms with van der Waals surface area (Å²) in [4.78, 5) is 75.9. The molecule has 4 rings (SSSR count). The number of rotatable bonds is 11. The first-order chi connectivity index (χ1) is 19.6. The first kappa shape index (κ1) is 29.7. The lowest BCUT2D eigenvalue weighted by Crippen LogP contribution is -2.46. The topological polar surface area (TPSA) is 182 Å². The van der Waals surface area contributed by atoms with Crippen molar-refractivity contribution in [1.82, 2.24) is 25.7 Å². The first-order valence-electron chi connectivity index (χ1n) is 13.9. The molecule has 2 aliphatic carbocycles. The van der Waals surface area contributed by atoms with Crippen LogP contribution >= 0.6 is 0 Å². The molecule has 220 valence electrons. The van der Waals surface area contributed by atoms with Crippen molar-refractivity contribution in [3.8, 4) is 0 Å². The summed E-state index contributed by atoms with van der Waals surface area (Å²) in [5, 5.41) is 14.1. The van der Waals surface area contributed by atoms with Gasteiger partial charge in [-0.2, -0.15) is 0 Å². The number of aryl methyl sites for hydroxylation is 2. The number of carbonyl (C=O) groups is 5. The Morgan fingerprint density at radius 3 is 2.44 bits per heavy atom. The summed E-state index contributed by atoms with van der Waals surface area (Å²) in [6.07, 6.45) is 6.53. The standard InChI is InChI=1S/C28H36N6O7/c1-15-23(16(2)41-33-15)27(39)30-19(11-12-21(35)26(38)29-3)25(37)31-20-8-5-13-34(28(20)40)14-22(36)32-24-17-6-4-7-18(24)10-9-17/h5,8,13,17-19,24H,4,6-7,9-12,14H2,1-3H3,(H,29,38)(H,30,39)(H,31,37)(H,32,36). The van der Waals surface area contributed by atoms with Crippen molar-refractivity contribution in [3.05, 3.63) is 45.7 Å². The van der Waals surface area contributed by atoms with Gasteiger partial charge in [0.15, 0.2) is 0 Å². The van der Waals surface area contributed by atoms with Crippen molar-refractivity contribution in [3.63, 3.8) is 0 Å². The second-order valence-electron chi connectivity index (χ2n) is 10.7. The molecule has 0 radical (unpaired) electrons. The smallest absolute Gasteiger partial charge is 0.287 e. The number of aromatic nitrogens is 2. The summed E-state index contributed by atoms with van der Waals surface area (Å²) in [6.45, 7) is 2.91. The molecule has 0 aromatic carbocycles. The largest absolute Gasteiger partial charge is 0.361 e. The molecule has 2 aliphatic rings. The van der Waals surface area contributed by atoms with Crippen LogP contribution in [0.1, 0.15) is 66.8 Å². The number of pyridine rings is 1. The molecular formula is C28H36N6O7. The minimum atomic E-state index is -1.28. The lowest BCUT2D eigenvalue weighted by atomic mass is 9.84. The molecule has 41 heavy (non-hydrogen) atoms. The molecule has 4 N–H and O–H groups in total. The first-order valence-corrected chi connectivity index (χ1v) is 13.9. The highest BCUT2D eigenvalue weighted by molar-refractivity contribution is 6.36. The fourth-order valence-corrected chi connectivity index (χ4v) is 5.90. The number of Topliss-reactive ketones (excluding diaryl/α,β-unsaturated/α-hetero) is 1. The average molecular weight is 569 g/mol. The summed E-state index contributed by atoms with van der Waals surface area (Å²) in [5.74, 6) is -2.09. The monoisotopic (exact) mass is 568 g/mol. The van der Waals surface area contributed by atoms with E-state index in [-0.39, 0.29) is 48.3 Å². The van der Waals surface area contributed by atoms with E-state index in [0.717, 1.165) is 25.7 Å². The van der Waals surface area contributed by atoms with Gasteiger partial charge in [-0.1, -0.05) is 11.6 Å². The van der Waals surface area contributed by atoms with Crippen LogP contribution in [0, 0.1) is 25.7 Å². The molecule has 3 atom stereocenters. The van der Waals surface area contributed by atoms with Gasteiger partial charge in [0.05, 0.1) is 5.69 Å². The van der Waals surface area contributed by atoms with Gasteiger partial charge >= 0.3 is 0 Å². The Kier molecular flexibility index (Phi) is 9.35. The number of ketones is 1. The molecule has 13 heteroatoms. The number of fused-ring (bicyclic) bond motifs is 2. The third kappa shape index (κ3) is 6.90. The lowest BCUT2D eigenvalue weighted by Gasteiger charge is -2.30. The highest BCUT2D eigenvalue weighted by Crippen LogP contribution is 2.42. The van der Waals surface area contributed by atoms with E-state index in [0.29, 0.717) is 17.5 Å². The van der Waals surface area contributed by atoms with Crippen molar-refractivity contribution in [1.29, 1.82) is 0 Å².